The summed E-state index contributed by atoms with van der Waals surface area (Å²) in [6.07, 6.45) is 1.77. The molecule has 3 heteroatoms. The van der Waals surface area contributed by atoms with Crippen LogP contribution in [-0.4, -0.2) is 12.6 Å². The zero-order chi connectivity index (χ0) is 9.68. The molecule has 1 rings (SSSR count). The highest BCUT2D eigenvalue weighted by atomic mass is 16.5. The minimum absolute atomic E-state index is 0.222. The van der Waals surface area contributed by atoms with Gasteiger partial charge in [-0.2, -0.15) is 0 Å². The average Bonchev–Trinajstić information content (AvgIpc) is 2.53. The predicted octanol–water partition coefficient (Wildman–Crippen LogP) is 2.02. The summed E-state index contributed by atoms with van der Waals surface area (Å²) in [5.74, 6) is 0.790. The molecule has 72 valence electrons. The smallest absolute Gasteiger partial charge is 0.313 e. The fraction of sp³-hybridized carbons (Fsp3) is 0.500. The molecule has 0 amide bonds. The summed E-state index contributed by atoms with van der Waals surface area (Å²) in [4.78, 5) is 11.1. The number of hydrogen-bond donors (Lipinski definition) is 0. The van der Waals surface area contributed by atoms with E-state index in [1.54, 1.807) is 18.4 Å². The Morgan fingerprint density at radius 1 is 1.62 bits per heavy atom. The van der Waals surface area contributed by atoms with Crippen molar-refractivity contribution in [3.8, 4) is 0 Å². The lowest BCUT2D eigenvalue weighted by Gasteiger charge is -2.05. The maximum absolute atomic E-state index is 11.1. The van der Waals surface area contributed by atoms with E-state index in [1.807, 2.05) is 13.8 Å². The summed E-state index contributed by atoms with van der Waals surface area (Å²) < 4.78 is 9.99. The number of carbonyl (C=O) groups excluding carboxylic acids is 1. The Morgan fingerprint density at radius 3 is 2.92 bits per heavy atom. The second-order valence-corrected chi connectivity index (χ2v) is 3.33. The molecule has 0 fully saturated rings. The van der Waals surface area contributed by atoms with Crippen molar-refractivity contribution in [2.75, 3.05) is 6.61 Å². The first kappa shape index (κ1) is 9.84. The topological polar surface area (TPSA) is 39.4 Å². The van der Waals surface area contributed by atoms with Crippen LogP contribution in [0.15, 0.2) is 22.8 Å². The van der Waals surface area contributed by atoms with E-state index in [4.69, 9.17) is 9.15 Å². The fourth-order valence-electron chi connectivity index (χ4n) is 0.866. The summed E-state index contributed by atoms with van der Waals surface area (Å²) in [6, 6.07) is 3.52. The lowest BCUT2D eigenvalue weighted by atomic mass is 10.2. The van der Waals surface area contributed by atoms with Gasteiger partial charge in [0.25, 0.3) is 0 Å². The molecule has 0 aromatic carbocycles. The SMILES string of the molecule is CC(C)COC(=O)Cc1ccco1. The zero-order valence-corrected chi connectivity index (χ0v) is 7.95. The van der Waals surface area contributed by atoms with Crippen LogP contribution < -0.4 is 0 Å². The molecule has 0 atom stereocenters. The first-order valence-electron chi connectivity index (χ1n) is 4.36. The monoisotopic (exact) mass is 182 g/mol. The van der Waals surface area contributed by atoms with Gasteiger partial charge in [-0.15, -0.1) is 0 Å². The van der Waals surface area contributed by atoms with Gasteiger partial charge in [-0.1, -0.05) is 13.8 Å². The molecule has 0 spiro atoms. The van der Waals surface area contributed by atoms with Crippen LogP contribution in [-0.2, 0) is 16.0 Å². The minimum atomic E-state index is -0.233. The number of hydrogen-bond acceptors (Lipinski definition) is 3. The van der Waals surface area contributed by atoms with Crippen molar-refractivity contribution in [2.24, 2.45) is 5.92 Å². The largest absolute Gasteiger partial charge is 0.469 e. The van der Waals surface area contributed by atoms with Crippen molar-refractivity contribution in [3.63, 3.8) is 0 Å². The van der Waals surface area contributed by atoms with Crippen molar-refractivity contribution < 1.29 is 13.9 Å². The van der Waals surface area contributed by atoms with E-state index in [9.17, 15) is 4.79 Å². The van der Waals surface area contributed by atoms with Gasteiger partial charge in [-0.3, -0.25) is 4.79 Å². The normalized spacial score (nSPS) is 10.4. The van der Waals surface area contributed by atoms with E-state index in [1.165, 1.54) is 0 Å². The third-order valence-corrected chi connectivity index (χ3v) is 1.48. The molecule has 1 heterocycles. The van der Waals surface area contributed by atoms with Crippen LogP contribution in [0.2, 0.25) is 0 Å². The van der Waals surface area contributed by atoms with Gasteiger partial charge in [0.15, 0.2) is 0 Å². The van der Waals surface area contributed by atoms with E-state index >= 15 is 0 Å². The van der Waals surface area contributed by atoms with Crippen LogP contribution in [0.5, 0.6) is 0 Å². The summed E-state index contributed by atoms with van der Waals surface area (Å²) in [6.45, 7) is 4.47. The summed E-state index contributed by atoms with van der Waals surface area (Å²) >= 11 is 0. The molecular formula is C10H14O3. The molecule has 3 nitrogen and oxygen atoms in total. The average molecular weight is 182 g/mol. The minimum Gasteiger partial charge on any atom is -0.469 e. The molecule has 0 bridgehead atoms. The maximum atomic E-state index is 11.1. The van der Waals surface area contributed by atoms with Gasteiger partial charge in [-0.25, -0.2) is 0 Å². The van der Waals surface area contributed by atoms with Crippen LogP contribution >= 0.6 is 0 Å². The number of rotatable bonds is 4. The lowest BCUT2D eigenvalue weighted by molar-refractivity contribution is -0.144. The number of esters is 1. The Hall–Kier alpha value is -1.25. The summed E-state index contributed by atoms with van der Waals surface area (Å²) in [5.41, 5.74) is 0. The van der Waals surface area contributed by atoms with Crippen LogP contribution in [0.1, 0.15) is 19.6 Å². The Bertz CT molecular complexity index is 249. The Kier molecular flexibility index (Phi) is 3.55. The van der Waals surface area contributed by atoms with Crippen LogP contribution in [0, 0.1) is 5.92 Å². The van der Waals surface area contributed by atoms with E-state index in [0.29, 0.717) is 18.3 Å². The second kappa shape index (κ2) is 4.70. The molecule has 0 aliphatic carbocycles. The van der Waals surface area contributed by atoms with Gasteiger partial charge in [0.05, 0.1) is 12.9 Å². The molecule has 0 saturated heterocycles. The first-order valence-corrected chi connectivity index (χ1v) is 4.36. The summed E-state index contributed by atoms with van der Waals surface area (Å²) in [7, 11) is 0. The third kappa shape index (κ3) is 3.78. The van der Waals surface area contributed by atoms with Crippen molar-refractivity contribution in [1.82, 2.24) is 0 Å². The Balaban J connectivity index is 2.26. The maximum Gasteiger partial charge on any atom is 0.313 e. The Labute approximate surface area is 77.7 Å². The van der Waals surface area contributed by atoms with Gasteiger partial charge in [0, 0.05) is 0 Å². The van der Waals surface area contributed by atoms with Gasteiger partial charge in [0.1, 0.15) is 12.2 Å². The molecule has 0 radical (unpaired) electrons. The van der Waals surface area contributed by atoms with E-state index < -0.39 is 0 Å². The van der Waals surface area contributed by atoms with Crippen molar-refractivity contribution in [2.45, 2.75) is 20.3 Å². The molecule has 1 aromatic rings. The van der Waals surface area contributed by atoms with Gasteiger partial charge in [0.2, 0.25) is 0 Å². The van der Waals surface area contributed by atoms with Gasteiger partial charge in [-0.05, 0) is 18.1 Å². The molecule has 13 heavy (non-hydrogen) atoms. The van der Waals surface area contributed by atoms with Crippen LogP contribution in [0.3, 0.4) is 0 Å². The molecule has 0 aliphatic rings. The van der Waals surface area contributed by atoms with Gasteiger partial charge < -0.3 is 9.15 Å². The van der Waals surface area contributed by atoms with Crippen molar-refractivity contribution >= 4 is 5.97 Å². The molecular weight excluding hydrogens is 168 g/mol. The third-order valence-electron chi connectivity index (χ3n) is 1.48. The van der Waals surface area contributed by atoms with E-state index in [-0.39, 0.29) is 12.4 Å². The standard InChI is InChI=1S/C10H14O3/c1-8(2)7-13-10(11)6-9-4-3-5-12-9/h3-5,8H,6-7H2,1-2H3. The first-order chi connectivity index (χ1) is 6.18. The number of ether oxygens (including phenoxy) is 1. The highest BCUT2D eigenvalue weighted by molar-refractivity contribution is 5.71. The summed E-state index contributed by atoms with van der Waals surface area (Å²) in [5, 5.41) is 0. The number of carbonyl (C=O) groups is 1. The Morgan fingerprint density at radius 2 is 2.38 bits per heavy atom. The zero-order valence-electron chi connectivity index (χ0n) is 7.95. The second-order valence-electron chi connectivity index (χ2n) is 3.33. The van der Waals surface area contributed by atoms with E-state index in [2.05, 4.69) is 0 Å². The quantitative estimate of drug-likeness (QED) is 0.669. The molecule has 0 N–H and O–H groups in total. The number of furan rings is 1. The molecule has 1 aromatic heterocycles. The molecule has 0 saturated carbocycles. The van der Waals surface area contributed by atoms with Gasteiger partial charge >= 0.3 is 5.97 Å². The molecule has 0 aliphatic heterocycles. The lowest BCUT2D eigenvalue weighted by Crippen LogP contribution is -2.11. The van der Waals surface area contributed by atoms with Crippen molar-refractivity contribution in [3.05, 3.63) is 24.2 Å². The van der Waals surface area contributed by atoms with Crippen LogP contribution in [0.4, 0.5) is 0 Å². The predicted molar refractivity (Wildman–Crippen MR) is 48.2 cm³/mol. The fourth-order valence-corrected chi connectivity index (χ4v) is 0.866. The van der Waals surface area contributed by atoms with E-state index in [0.717, 1.165) is 0 Å². The molecule has 0 unspecified atom stereocenters. The van der Waals surface area contributed by atoms with Crippen molar-refractivity contribution in [1.29, 1.82) is 0 Å². The van der Waals surface area contributed by atoms with Crippen LogP contribution in [0.25, 0.3) is 0 Å². The highest BCUT2D eigenvalue weighted by Crippen LogP contribution is 2.02. The highest BCUT2D eigenvalue weighted by Gasteiger charge is 2.07.